The maximum absolute atomic E-state index is 11.0. The highest BCUT2D eigenvalue weighted by Crippen LogP contribution is 2.19. The van der Waals surface area contributed by atoms with Crippen molar-refractivity contribution >= 4 is 11.6 Å². The summed E-state index contributed by atoms with van der Waals surface area (Å²) in [5.41, 5.74) is 1.88. The van der Waals surface area contributed by atoms with Crippen molar-refractivity contribution in [3.8, 4) is 0 Å². The number of ether oxygens (including phenoxy) is 1. The molecular formula is C12H12NO2. The van der Waals surface area contributed by atoms with E-state index < -0.39 is 0 Å². The van der Waals surface area contributed by atoms with E-state index in [9.17, 15) is 4.79 Å². The highest BCUT2D eigenvalue weighted by Gasteiger charge is 2.22. The molecule has 15 heavy (non-hydrogen) atoms. The summed E-state index contributed by atoms with van der Waals surface area (Å²) in [5.74, 6) is -0.197. The first-order valence-corrected chi connectivity index (χ1v) is 4.78. The Morgan fingerprint density at radius 1 is 1.47 bits per heavy atom. The monoisotopic (exact) mass is 202 g/mol. The van der Waals surface area contributed by atoms with Gasteiger partial charge in [0, 0.05) is 12.1 Å². The van der Waals surface area contributed by atoms with E-state index in [1.165, 1.54) is 6.08 Å². The van der Waals surface area contributed by atoms with Crippen molar-refractivity contribution in [1.29, 1.82) is 0 Å². The third-order valence-corrected chi connectivity index (χ3v) is 2.10. The van der Waals surface area contributed by atoms with Gasteiger partial charge in [-0.25, -0.2) is 0 Å². The molecule has 1 amide bonds. The van der Waals surface area contributed by atoms with Crippen LogP contribution in [0, 0.1) is 6.42 Å². The average Bonchev–Trinajstić information content (AvgIpc) is 3.05. The van der Waals surface area contributed by atoms with E-state index in [1.54, 1.807) is 0 Å². The molecule has 1 atom stereocenters. The Balaban J connectivity index is 1.96. The molecule has 2 rings (SSSR count). The summed E-state index contributed by atoms with van der Waals surface area (Å²) in [6, 6.07) is 7.60. The molecule has 0 bridgehead atoms. The second-order valence-corrected chi connectivity index (χ2v) is 3.35. The Morgan fingerprint density at radius 2 is 2.13 bits per heavy atom. The normalized spacial score (nSPS) is 18.3. The van der Waals surface area contributed by atoms with Crippen molar-refractivity contribution in [3.63, 3.8) is 0 Å². The summed E-state index contributed by atoms with van der Waals surface area (Å²) in [6.07, 6.45) is 3.58. The van der Waals surface area contributed by atoms with Crippen LogP contribution in [0.25, 0.3) is 0 Å². The predicted molar refractivity (Wildman–Crippen MR) is 58.4 cm³/mol. The zero-order chi connectivity index (χ0) is 10.7. The molecule has 0 saturated carbocycles. The van der Waals surface area contributed by atoms with E-state index in [0.29, 0.717) is 0 Å². The SMILES string of the molecule is C=CC(=O)Nc1ccc([CH]C2CO2)cc1. The lowest BCUT2D eigenvalue weighted by Crippen LogP contribution is -2.07. The molecular weight excluding hydrogens is 190 g/mol. The summed E-state index contributed by atoms with van der Waals surface area (Å²) in [5, 5.41) is 2.69. The van der Waals surface area contributed by atoms with E-state index in [-0.39, 0.29) is 12.0 Å². The van der Waals surface area contributed by atoms with Crippen molar-refractivity contribution in [1.82, 2.24) is 0 Å². The summed E-state index contributed by atoms with van der Waals surface area (Å²) in [6.45, 7) is 4.20. The quantitative estimate of drug-likeness (QED) is 0.597. The minimum Gasteiger partial charge on any atom is -0.372 e. The van der Waals surface area contributed by atoms with E-state index in [0.717, 1.165) is 17.9 Å². The van der Waals surface area contributed by atoms with Crippen LogP contribution in [0.5, 0.6) is 0 Å². The number of carbonyl (C=O) groups excluding carboxylic acids is 1. The maximum Gasteiger partial charge on any atom is 0.247 e. The van der Waals surface area contributed by atoms with Crippen molar-refractivity contribution in [2.45, 2.75) is 6.10 Å². The van der Waals surface area contributed by atoms with Crippen LogP contribution in [0.15, 0.2) is 36.9 Å². The fourth-order valence-corrected chi connectivity index (χ4v) is 1.24. The molecule has 3 nitrogen and oxygen atoms in total. The minimum atomic E-state index is -0.197. The molecule has 1 aromatic rings. The van der Waals surface area contributed by atoms with Gasteiger partial charge in [0.1, 0.15) is 0 Å². The molecule has 0 spiro atoms. The molecule has 1 aliphatic rings. The molecule has 1 radical (unpaired) electrons. The van der Waals surface area contributed by atoms with Crippen molar-refractivity contribution < 1.29 is 9.53 Å². The van der Waals surface area contributed by atoms with Gasteiger partial charge in [0.25, 0.3) is 0 Å². The first kappa shape index (κ1) is 9.93. The van der Waals surface area contributed by atoms with Crippen LogP contribution in [-0.2, 0) is 9.53 Å². The first-order valence-electron chi connectivity index (χ1n) is 4.78. The standard InChI is InChI=1S/C12H12NO2/c1-2-12(14)13-10-5-3-9(4-6-10)7-11-8-15-11/h2-7,11H,1,8H2,(H,13,14). The fraction of sp³-hybridized carbons (Fsp3) is 0.167. The molecule has 77 valence electrons. The molecule has 1 aromatic carbocycles. The molecule has 3 heteroatoms. The first-order chi connectivity index (χ1) is 7.28. The second-order valence-electron chi connectivity index (χ2n) is 3.35. The molecule has 1 saturated heterocycles. The molecule has 1 unspecified atom stereocenters. The number of nitrogens with one attached hydrogen (secondary N) is 1. The Labute approximate surface area is 88.8 Å². The van der Waals surface area contributed by atoms with Crippen LogP contribution in [0.3, 0.4) is 0 Å². The lowest BCUT2D eigenvalue weighted by atomic mass is 10.1. The molecule has 1 fully saturated rings. The van der Waals surface area contributed by atoms with E-state index in [4.69, 9.17) is 4.74 Å². The van der Waals surface area contributed by atoms with Crippen molar-refractivity contribution in [3.05, 3.63) is 48.9 Å². The highest BCUT2D eigenvalue weighted by atomic mass is 16.6. The van der Waals surface area contributed by atoms with Crippen molar-refractivity contribution in [2.75, 3.05) is 11.9 Å². The van der Waals surface area contributed by atoms with Gasteiger partial charge in [-0.2, -0.15) is 0 Å². The van der Waals surface area contributed by atoms with Crippen LogP contribution in [0.4, 0.5) is 5.69 Å². The third kappa shape index (κ3) is 2.92. The largest absolute Gasteiger partial charge is 0.372 e. The number of rotatable bonds is 4. The van der Waals surface area contributed by atoms with Gasteiger partial charge < -0.3 is 10.1 Å². The summed E-state index contributed by atoms with van der Waals surface area (Å²) >= 11 is 0. The van der Waals surface area contributed by atoms with Crippen LogP contribution in [-0.4, -0.2) is 18.6 Å². The number of epoxide rings is 1. The number of hydrogen-bond acceptors (Lipinski definition) is 2. The van der Waals surface area contributed by atoms with Gasteiger partial charge in [-0.05, 0) is 23.8 Å². The van der Waals surface area contributed by atoms with Crippen molar-refractivity contribution in [2.24, 2.45) is 0 Å². The zero-order valence-electron chi connectivity index (χ0n) is 8.27. The smallest absolute Gasteiger partial charge is 0.247 e. The van der Waals surface area contributed by atoms with Gasteiger partial charge in [-0.1, -0.05) is 18.7 Å². The Morgan fingerprint density at radius 3 is 2.67 bits per heavy atom. The molecule has 1 aliphatic heterocycles. The Bertz CT molecular complexity index is 366. The maximum atomic E-state index is 11.0. The number of amides is 1. The van der Waals surface area contributed by atoms with E-state index in [1.807, 2.05) is 24.3 Å². The second kappa shape index (κ2) is 4.28. The lowest BCUT2D eigenvalue weighted by molar-refractivity contribution is -0.111. The highest BCUT2D eigenvalue weighted by molar-refractivity contribution is 5.98. The summed E-state index contributed by atoms with van der Waals surface area (Å²) in [7, 11) is 0. The Hall–Kier alpha value is -1.61. The fourth-order valence-electron chi connectivity index (χ4n) is 1.24. The van der Waals surface area contributed by atoms with Crippen LogP contribution in [0.1, 0.15) is 5.56 Å². The van der Waals surface area contributed by atoms with Gasteiger partial charge in [0.2, 0.25) is 5.91 Å². The minimum absolute atomic E-state index is 0.197. The van der Waals surface area contributed by atoms with Crippen LogP contribution >= 0.6 is 0 Å². The van der Waals surface area contributed by atoms with Gasteiger partial charge in [-0.3, -0.25) is 4.79 Å². The van der Waals surface area contributed by atoms with Crippen LogP contribution in [0.2, 0.25) is 0 Å². The summed E-state index contributed by atoms with van der Waals surface area (Å²) in [4.78, 5) is 11.0. The van der Waals surface area contributed by atoms with Gasteiger partial charge >= 0.3 is 0 Å². The third-order valence-electron chi connectivity index (χ3n) is 2.10. The van der Waals surface area contributed by atoms with Crippen LogP contribution < -0.4 is 5.32 Å². The van der Waals surface area contributed by atoms with E-state index >= 15 is 0 Å². The summed E-state index contributed by atoms with van der Waals surface area (Å²) < 4.78 is 5.09. The molecule has 0 aliphatic carbocycles. The van der Waals surface area contributed by atoms with Gasteiger partial charge in [-0.15, -0.1) is 0 Å². The van der Waals surface area contributed by atoms with Gasteiger partial charge in [0.05, 0.1) is 12.7 Å². The van der Waals surface area contributed by atoms with E-state index in [2.05, 4.69) is 18.3 Å². The number of hydrogen-bond donors (Lipinski definition) is 1. The molecule has 1 heterocycles. The Kier molecular flexibility index (Phi) is 2.83. The molecule has 0 aromatic heterocycles. The zero-order valence-corrected chi connectivity index (χ0v) is 8.27. The average molecular weight is 202 g/mol. The molecule has 1 N–H and O–H groups in total. The number of anilines is 1. The number of carbonyl (C=O) groups is 1. The predicted octanol–water partition coefficient (Wildman–Crippen LogP) is 1.76. The number of benzene rings is 1. The lowest BCUT2D eigenvalue weighted by Gasteiger charge is -2.03. The topological polar surface area (TPSA) is 41.6 Å². The van der Waals surface area contributed by atoms with Gasteiger partial charge in [0.15, 0.2) is 0 Å².